The standard InChI is InChI=1S/C18H35N3O4/c1-4-19-18(20-10-6-7-12-24-14-13-23-3)21-11-8-9-16(15-21)17(22)25-5-2/h16H,4-15H2,1-3H3,(H,19,20). The number of carbonyl (C=O) groups excluding carboxylic acids is 1. The lowest BCUT2D eigenvalue weighted by Gasteiger charge is -2.34. The van der Waals surface area contributed by atoms with Crippen LogP contribution in [-0.2, 0) is 19.0 Å². The van der Waals surface area contributed by atoms with Crippen molar-refractivity contribution >= 4 is 11.9 Å². The van der Waals surface area contributed by atoms with E-state index in [1.54, 1.807) is 7.11 Å². The van der Waals surface area contributed by atoms with Gasteiger partial charge in [-0.3, -0.25) is 9.79 Å². The average Bonchev–Trinajstić information content (AvgIpc) is 2.63. The van der Waals surface area contributed by atoms with E-state index in [2.05, 4.69) is 17.1 Å². The van der Waals surface area contributed by atoms with Crippen LogP contribution < -0.4 is 5.32 Å². The van der Waals surface area contributed by atoms with Gasteiger partial charge >= 0.3 is 5.97 Å². The molecule has 1 heterocycles. The number of carbonyl (C=O) groups is 1. The number of nitrogens with zero attached hydrogens (tertiary/aromatic N) is 2. The molecule has 25 heavy (non-hydrogen) atoms. The van der Waals surface area contributed by atoms with E-state index >= 15 is 0 Å². The molecular weight excluding hydrogens is 322 g/mol. The van der Waals surface area contributed by atoms with Crippen molar-refractivity contribution in [3.8, 4) is 0 Å². The number of methoxy groups -OCH3 is 1. The Morgan fingerprint density at radius 2 is 2.08 bits per heavy atom. The third-order valence-electron chi connectivity index (χ3n) is 4.07. The number of unbranched alkanes of at least 4 members (excludes halogenated alkanes) is 1. The predicted octanol–water partition coefficient (Wildman–Crippen LogP) is 1.67. The van der Waals surface area contributed by atoms with Gasteiger partial charge in [0.15, 0.2) is 5.96 Å². The SMILES string of the molecule is CCNC(=NCCCCOCCOC)N1CCCC(C(=O)OCC)C1. The van der Waals surface area contributed by atoms with Crippen LogP contribution in [0.3, 0.4) is 0 Å². The molecule has 1 aliphatic rings. The number of aliphatic imine (C=N–C) groups is 1. The first-order valence-corrected chi connectivity index (χ1v) is 9.49. The molecule has 146 valence electrons. The Balaban J connectivity index is 2.39. The summed E-state index contributed by atoms with van der Waals surface area (Å²) in [4.78, 5) is 18.9. The maximum Gasteiger partial charge on any atom is 0.310 e. The molecule has 1 rings (SSSR count). The fourth-order valence-corrected chi connectivity index (χ4v) is 2.79. The van der Waals surface area contributed by atoms with Crippen LogP contribution in [0.15, 0.2) is 4.99 Å². The summed E-state index contributed by atoms with van der Waals surface area (Å²) in [5.74, 6) is 0.764. The third-order valence-corrected chi connectivity index (χ3v) is 4.07. The van der Waals surface area contributed by atoms with Gasteiger partial charge in [-0.15, -0.1) is 0 Å². The van der Waals surface area contributed by atoms with Crippen molar-refractivity contribution < 1.29 is 19.0 Å². The first-order valence-electron chi connectivity index (χ1n) is 9.49. The van der Waals surface area contributed by atoms with E-state index in [0.717, 1.165) is 57.9 Å². The number of esters is 1. The van der Waals surface area contributed by atoms with E-state index in [-0.39, 0.29) is 11.9 Å². The summed E-state index contributed by atoms with van der Waals surface area (Å²) in [6, 6.07) is 0. The van der Waals surface area contributed by atoms with Gasteiger partial charge in [0.05, 0.1) is 25.7 Å². The number of piperidine rings is 1. The second kappa shape index (κ2) is 13.9. The maximum absolute atomic E-state index is 12.0. The lowest BCUT2D eigenvalue weighted by Crippen LogP contribution is -2.48. The summed E-state index contributed by atoms with van der Waals surface area (Å²) in [5, 5.41) is 3.34. The van der Waals surface area contributed by atoms with E-state index < -0.39 is 0 Å². The quantitative estimate of drug-likeness (QED) is 0.262. The molecular formula is C18H35N3O4. The van der Waals surface area contributed by atoms with Crippen LogP contribution in [-0.4, -0.2) is 76.5 Å². The van der Waals surface area contributed by atoms with Gasteiger partial charge in [-0.05, 0) is 39.5 Å². The molecule has 0 radical (unpaired) electrons. The predicted molar refractivity (Wildman–Crippen MR) is 98.8 cm³/mol. The molecule has 0 aromatic carbocycles. The average molecular weight is 357 g/mol. The molecule has 0 aromatic heterocycles. The van der Waals surface area contributed by atoms with Crippen LogP contribution in [0.4, 0.5) is 0 Å². The number of hydrogen-bond acceptors (Lipinski definition) is 5. The molecule has 1 aliphatic heterocycles. The fourth-order valence-electron chi connectivity index (χ4n) is 2.79. The van der Waals surface area contributed by atoms with Crippen molar-refractivity contribution in [3.63, 3.8) is 0 Å². The lowest BCUT2D eigenvalue weighted by atomic mass is 9.98. The summed E-state index contributed by atoms with van der Waals surface area (Å²) in [6.07, 6.45) is 3.85. The zero-order valence-electron chi connectivity index (χ0n) is 16.1. The van der Waals surface area contributed by atoms with Crippen LogP contribution in [0.1, 0.15) is 39.5 Å². The largest absolute Gasteiger partial charge is 0.466 e. The highest BCUT2D eigenvalue weighted by atomic mass is 16.5. The summed E-state index contributed by atoms with van der Waals surface area (Å²) in [7, 11) is 1.67. The smallest absolute Gasteiger partial charge is 0.310 e. The molecule has 1 fully saturated rings. The number of ether oxygens (including phenoxy) is 3. The van der Waals surface area contributed by atoms with Crippen LogP contribution in [0, 0.1) is 5.92 Å². The molecule has 7 heteroatoms. The second-order valence-electron chi connectivity index (χ2n) is 6.09. The van der Waals surface area contributed by atoms with Gasteiger partial charge in [-0.2, -0.15) is 0 Å². The molecule has 0 aliphatic carbocycles. The monoisotopic (exact) mass is 357 g/mol. The number of nitrogens with one attached hydrogen (secondary N) is 1. The lowest BCUT2D eigenvalue weighted by molar-refractivity contribution is -0.149. The minimum Gasteiger partial charge on any atom is -0.466 e. The van der Waals surface area contributed by atoms with Crippen LogP contribution in [0.2, 0.25) is 0 Å². The van der Waals surface area contributed by atoms with E-state index in [1.165, 1.54) is 0 Å². The third kappa shape index (κ3) is 9.07. The first-order chi connectivity index (χ1) is 12.2. The van der Waals surface area contributed by atoms with E-state index in [0.29, 0.717) is 26.4 Å². The number of guanidine groups is 1. The molecule has 7 nitrogen and oxygen atoms in total. The van der Waals surface area contributed by atoms with Crippen LogP contribution >= 0.6 is 0 Å². The van der Waals surface area contributed by atoms with Crippen molar-refractivity contribution in [2.75, 3.05) is 59.7 Å². The second-order valence-corrected chi connectivity index (χ2v) is 6.09. The molecule has 0 spiro atoms. The van der Waals surface area contributed by atoms with Gasteiger partial charge in [0.1, 0.15) is 0 Å². The summed E-state index contributed by atoms with van der Waals surface area (Å²) in [5.41, 5.74) is 0. The van der Waals surface area contributed by atoms with Crippen molar-refractivity contribution in [2.45, 2.75) is 39.5 Å². The molecule has 1 N–H and O–H groups in total. The molecule has 1 unspecified atom stereocenters. The van der Waals surface area contributed by atoms with Gasteiger partial charge in [0, 0.05) is 39.9 Å². The van der Waals surface area contributed by atoms with Crippen LogP contribution in [0.5, 0.6) is 0 Å². The van der Waals surface area contributed by atoms with Crippen LogP contribution in [0.25, 0.3) is 0 Å². The molecule has 0 saturated carbocycles. The van der Waals surface area contributed by atoms with Crippen molar-refractivity contribution in [2.24, 2.45) is 10.9 Å². The minimum atomic E-state index is -0.0868. The number of hydrogen-bond donors (Lipinski definition) is 1. The Morgan fingerprint density at radius 3 is 2.80 bits per heavy atom. The zero-order chi connectivity index (χ0) is 18.3. The van der Waals surface area contributed by atoms with Gasteiger partial charge in [0.25, 0.3) is 0 Å². The topological polar surface area (TPSA) is 72.4 Å². The normalized spacial score (nSPS) is 18.3. The molecule has 1 saturated heterocycles. The first kappa shape index (κ1) is 21.7. The van der Waals surface area contributed by atoms with Crippen molar-refractivity contribution in [3.05, 3.63) is 0 Å². The van der Waals surface area contributed by atoms with E-state index in [1.807, 2.05) is 6.92 Å². The molecule has 0 amide bonds. The van der Waals surface area contributed by atoms with Crippen molar-refractivity contribution in [1.82, 2.24) is 10.2 Å². The van der Waals surface area contributed by atoms with E-state index in [9.17, 15) is 4.79 Å². The summed E-state index contributed by atoms with van der Waals surface area (Å²) < 4.78 is 15.6. The van der Waals surface area contributed by atoms with Crippen molar-refractivity contribution in [1.29, 1.82) is 0 Å². The number of rotatable bonds is 11. The number of likely N-dealkylation sites (tertiary alicyclic amines) is 1. The fraction of sp³-hybridized carbons (Fsp3) is 0.889. The maximum atomic E-state index is 12.0. The highest BCUT2D eigenvalue weighted by Gasteiger charge is 2.28. The molecule has 0 bridgehead atoms. The van der Waals surface area contributed by atoms with E-state index in [4.69, 9.17) is 19.2 Å². The Labute approximate surface area is 152 Å². The summed E-state index contributed by atoms with van der Waals surface area (Å²) >= 11 is 0. The Bertz CT molecular complexity index is 391. The molecule has 1 atom stereocenters. The Kier molecular flexibility index (Phi) is 12.1. The Morgan fingerprint density at radius 1 is 1.24 bits per heavy atom. The highest BCUT2D eigenvalue weighted by molar-refractivity contribution is 5.81. The van der Waals surface area contributed by atoms with Gasteiger partial charge in [-0.1, -0.05) is 0 Å². The minimum absolute atomic E-state index is 0.0493. The zero-order valence-corrected chi connectivity index (χ0v) is 16.1. The Hall–Kier alpha value is -1.34. The highest BCUT2D eigenvalue weighted by Crippen LogP contribution is 2.18. The summed E-state index contributed by atoms with van der Waals surface area (Å²) in [6.45, 7) is 9.57. The van der Waals surface area contributed by atoms with Gasteiger partial charge in [0.2, 0.25) is 0 Å². The van der Waals surface area contributed by atoms with Gasteiger partial charge in [-0.25, -0.2) is 0 Å². The molecule has 0 aromatic rings. The van der Waals surface area contributed by atoms with Gasteiger partial charge < -0.3 is 24.4 Å².